The van der Waals surface area contributed by atoms with Gasteiger partial charge in [-0.2, -0.15) is 0 Å². The van der Waals surface area contributed by atoms with Crippen molar-refractivity contribution in [3.8, 4) is 0 Å². The van der Waals surface area contributed by atoms with Crippen LogP contribution in [0.5, 0.6) is 0 Å². The molecule has 0 bridgehead atoms. The van der Waals surface area contributed by atoms with Gasteiger partial charge in [0, 0.05) is 22.9 Å². The molecule has 1 atom stereocenters. The Morgan fingerprint density at radius 2 is 2.47 bits per heavy atom. The zero-order valence-corrected chi connectivity index (χ0v) is 11.5. The van der Waals surface area contributed by atoms with Gasteiger partial charge in [0.05, 0.1) is 0 Å². The van der Waals surface area contributed by atoms with E-state index < -0.39 is 11.5 Å². The Morgan fingerprint density at radius 3 is 2.94 bits per heavy atom. The fourth-order valence-electron chi connectivity index (χ4n) is 1.45. The van der Waals surface area contributed by atoms with E-state index in [9.17, 15) is 9.90 Å². The van der Waals surface area contributed by atoms with Crippen molar-refractivity contribution in [2.75, 3.05) is 5.75 Å². The summed E-state index contributed by atoms with van der Waals surface area (Å²) in [5.41, 5.74) is 0.135. The second kappa shape index (κ2) is 4.96. The average Bonchev–Trinajstić information content (AvgIpc) is 2.96. The van der Waals surface area contributed by atoms with Gasteiger partial charge in [0.25, 0.3) is 0 Å². The number of rotatable bonds is 6. The van der Waals surface area contributed by atoms with Gasteiger partial charge < -0.3 is 5.11 Å². The van der Waals surface area contributed by atoms with Crippen LogP contribution in [0.3, 0.4) is 0 Å². The summed E-state index contributed by atoms with van der Waals surface area (Å²) in [6.45, 7) is 3.69. The lowest BCUT2D eigenvalue weighted by Gasteiger charge is -2.25. The minimum Gasteiger partial charge on any atom is -0.480 e. The lowest BCUT2D eigenvalue weighted by molar-refractivity contribution is -0.143. The molecule has 17 heavy (non-hydrogen) atoms. The van der Waals surface area contributed by atoms with E-state index in [1.54, 1.807) is 18.3 Å². The van der Waals surface area contributed by atoms with E-state index in [1.165, 1.54) is 11.8 Å². The Kier molecular flexibility index (Phi) is 3.75. The van der Waals surface area contributed by atoms with Crippen LogP contribution in [-0.4, -0.2) is 33.4 Å². The molecule has 2 rings (SSSR count). The van der Waals surface area contributed by atoms with Gasteiger partial charge in [0.2, 0.25) is 0 Å². The Morgan fingerprint density at radius 1 is 1.76 bits per heavy atom. The summed E-state index contributed by atoms with van der Waals surface area (Å²) in [7, 11) is 0. The monoisotopic (exact) mass is 272 g/mol. The number of carbonyl (C=O) groups is 1. The van der Waals surface area contributed by atoms with E-state index in [0.29, 0.717) is 11.8 Å². The lowest BCUT2D eigenvalue weighted by Crippen LogP contribution is -2.52. The molecule has 6 heteroatoms. The number of carboxylic acid groups (broad SMARTS) is 1. The highest BCUT2D eigenvalue weighted by atomic mass is 32.2. The van der Waals surface area contributed by atoms with Crippen molar-refractivity contribution in [3.05, 3.63) is 11.1 Å². The van der Waals surface area contributed by atoms with Crippen molar-refractivity contribution < 1.29 is 9.90 Å². The van der Waals surface area contributed by atoms with Gasteiger partial charge in [0.1, 0.15) is 9.88 Å². The number of carboxylic acids is 1. The number of aryl methyl sites for hydroxylation is 1. The van der Waals surface area contributed by atoms with E-state index in [-0.39, 0.29) is 0 Å². The molecule has 1 aliphatic rings. The van der Waals surface area contributed by atoms with Gasteiger partial charge in [-0.15, -0.1) is 11.3 Å². The van der Waals surface area contributed by atoms with Crippen molar-refractivity contribution >= 4 is 29.1 Å². The Hall–Kier alpha value is -0.590. The third-order valence-corrected chi connectivity index (χ3v) is 5.11. The van der Waals surface area contributed by atoms with Gasteiger partial charge in [-0.1, -0.05) is 11.8 Å². The molecule has 0 saturated heterocycles. The molecule has 0 aromatic carbocycles. The van der Waals surface area contributed by atoms with Crippen molar-refractivity contribution in [2.24, 2.45) is 0 Å². The normalized spacial score (nSPS) is 18.9. The number of thioether (sulfide) groups is 1. The zero-order valence-electron chi connectivity index (χ0n) is 9.90. The Bertz CT molecular complexity index is 417. The molecule has 1 saturated carbocycles. The molecule has 0 amide bonds. The zero-order chi connectivity index (χ0) is 12.5. The number of aromatic nitrogens is 1. The number of thiazole rings is 1. The lowest BCUT2D eigenvalue weighted by atomic mass is 10.1. The number of hydrogen-bond donors (Lipinski definition) is 2. The van der Waals surface area contributed by atoms with Crippen LogP contribution in [0.2, 0.25) is 0 Å². The summed E-state index contributed by atoms with van der Waals surface area (Å²) in [5, 5.41) is 14.5. The van der Waals surface area contributed by atoms with Crippen LogP contribution in [0.1, 0.15) is 25.5 Å². The molecule has 1 unspecified atom stereocenters. The van der Waals surface area contributed by atoms with E-state index in [0.717, 1.165) is 22.9 Å². The summed E-state index contributed by atoms with van der Waals surface area (Å²) in [4.78, 5) is 15.6. The highest BCUT2D eigenvalue weighted by Gasteiger charge is 2.38. The van der Waals surface area contributed by atoms with Crippen LogP contribution in [-0.2, 0) is 4.79 Å². The molecule has 0 spiro atoms. The molecule has 1 heterocycles. The second-order valence-corrected chi connectivity index (χ2v) is 6.68. The third kappa shape index (κ3) is 3.43. The average molecular weight is 272 g/mol. The van der Waals surface area contributed by atoms with E-state index in [4.69, 9.17) is 0 Å². The van der Waals surface area contributed by atoms with Crippen molar-refractivity contribution in [1.29, 1.82) is 0 Å². The van der Waals surface area contributed by atoms with Crippen molar-refractivity contribution in [1.82, 2.24) is 10.3 Å². The van der Waals surface area contributed by atoms with E-state index in [2.05, 4.69) is 10.3 Å². The van der Waals surface area contributed by atoms with Crippen LogP contribution in [0, 0.1) is 6.92 Å². The van der Waals surface area contributed by atoms with Crippen LogP contribution in [0.15, 0.2) is 9.72 Å². The number of nitrogens with one attached hydrogen (secondary N) is 1. The molecule has 1 aromatic heterocycles. The van der Waals surface area contributed by atoms with E-state index in [1.807, 2.05) is 12.3 Å². The Labute approximate surface area is 109 Å². The molecule has 94 valence electrons. The molecule has 2 N–H and O–H groups in total. The maximum Gasteiger partial charge on any atom is 0.324 e. The van der Waals surface area contributed by atoms with Crippen LogP contribution < -0.4 is 5.32 Å². The number of nitrogens with zero attached hydrogens (tertiary/aromatic N) is 1. The molecule has 1 aliphatic carbocycles. The fourth-order valence-corrected chi connectivity index (χ4v) is 3.39. The smallest absolute Gasteiger partial charge is 0.324 e. The quantitative estimate of drug-likeness (QED) is 0.777. The highest BCUT2D eigenvalue weighted by molar-refractivity contribution is 8.01. The third-order valence-electron chi connectivity index (χ3n) is 2.65. The summed E-state index contributed by atoms with van der Waals surface area (Å²) in [5.74, 6) is -0.281. The first-order chi connectivity index (χ1) is 7.99. The molecular weight excluding hydrogens is 256 g/mol. The largest absolute Gasteiger partial charge is 0.480 e. The summed E-state index contributed by atoms with van der Waals surface area (Å²) in [6, 6.07) is 0.384. The molecule has 1 aromatic rings. The van der Waals surface area contributed by atoms with Crippen molar-refractivity contribution in [2.45, 2.75) is 42.6 Å². The maximum atomic E-state index is 11.3. The van der Waals surface area contributed by atoms with Gasteiger partial charge in [-0.25, -0.2) is 4.98 Å². The standard InChI is InChI=1S/C11H16N2O2S2/c1-7-5-16-10(12-7)17-6-11(2,9(14)15)13-8-3-4-8/h5,8,13H,3-4,6H2,1-2H3,(H,14,15). The molecule has 0 aliphatic heterocycles. The summed E-state index contributed by atoms with van der Waals surface area (Å²) >= 11 is 3.08. The van der Waals surface area contributed by atoms with Gasteiger partial charge in [0.15, 0.2) is 0 Å². The first kappa shape index (κ1) is 12.9. The predicted octanol–water partition coefficient (Wildman–Crippen LogP) is 2.14. The fraction of sp³-hybridized carbons (Fsp3) is 0.636. The van der Waals surface area contributed by atoms with Crippen LogP contribution in [0.4, 0.5) is 0 Å². The maximum absolute atomic E-state index is 11.3. The Balaban J connectivity index is 1.95. The minimum absolute atomic E-state index is 0.384. The minimum atomic E-state index is -0.856. The molecule has 4 nitrogen and oxygen atoms in total. The predicted molar refractivity (Wildman–Crippen MR) is 69.8 cm³/mol. The van der Waals surface area contributed by atoms with Crippen molar-refractivity contribution in [3.63, 3.8) is 0 Å². The molecular formula is C11H16N2O2S2. The van der Waals surface area contributed by atoms with E-state index >= 15 is 0 Å². The second-order valence-electron chi connectivity index (χ2n) is 4.60. The highest BCUT2D eigenvalue weighted by Crippen LogP contribution is 2.29. The summed E-state index contributed by atoms with van der Waals surface area (Å²) in [6.07, 6.45) is 2.17. The summed E-state index contributed by atoms with van der Waals surface area (Å²) < 4.78 is 0.938. The topological polar surface area (TPSA) is 62.2 Å². The molecule has 1 fully saturated rings. The molecule has 0 radical (unpaired) electrons. The first-order valence-corrected chi connectivity index (χ1v) is 7.42. The van der Waals surface area contributed by atoms with Gasteiger partial charge >= 0.3 is 5.97 Å². The van der Waals surface area contributed by atoms with Crippen LogP contribution >= 0.6 is 23.1 Å². The number of hydrogen-bond acceptors (Lipinski definition) is 5. The first-order valence-electron chi connectivity index (χ1n) is 5.55. The van der Waals surface area contributed by atoms with Gasteiger partial charge in [-0.05, 0) is 26.7 Å². The van der Waals surface area contributed by atoms with Gasteiger partial charge in [-0.3, -0.25) is 10.1 Å². The SMILES string of the molecule is Cc1csc(SCC(C)(NC2CC2)C(=O)O)n1. The number of aliphatic carboxylic acids is 1. The van der Waals surface area contributed by atoms with Crippen LogP contribution in [0.25, 0.3) is 0 Å².